The van der Waals surface area contributed by atoms with Crippen molar-refractivity contribution < 1.29 is 27.5 Å². The van der Waals surface area contributed by atoms with Crippen LogP contribution >= 0.6 is 0 Å². The van der Waals surface area contributed by atoms with Crippen molar-refractivity contribution in [2.75, 3.05) is 37.7 Å². The highest BCUT2D eigenvalue weighted by atomic mass is 32.2. The number of ketones is 1. The molecule has 0 radical (unpaired) electrons. The molecule has 2 aliphatic heterocycles. The van der Waals surface area contributed by atoms with Gasteiger partial charge in [-0.1, -0.05) is 12.1 Å². The molecule has 2 saturated heterocycles. The van der Waals surface area contributed by atoms with Gasteiger partial charge >= 0.3 is 0 Å². The van der Waals surface area contributed by atoms with Crippen molar-refractivity contribution in [1.29, 1.82) is 0 Å². The Morgan fingerprint density at radius 1 is 1.03 bits per heavy atom. The van der Waals surface area contributed by atoms with Gasteiger partial charge in [0, 0.05) is 31.7 Å². The van der Waals surface area contributed by atoms with Gasteiger partial charge in [0.2, 0.25) is 15.9 Å². The summed E-state index contributed by atoms with van der Waals surface area (Å²) in [4.78, 5) is 40.7. The van der Waals surface area contributed by atoms with Crippen molar-refractivity contribution in [3.05, 3.63) is 54.1 Å². The fourth-order valence-electron chi connectivity index (χ4n) is 4.32. The molecule has 0 spiro atoms. The van der Waals surface area contributed by atoms with E-state index in [1.165, 1.54) is 23.4 Å². The van der Waals surface area contributed by atoms with Gasteiger partial charge in [-0.05, 0) is 50.2 Å². The van der Waals surface area contributed by atoms with Crippen molar-refractivity contribution in [2.24, 2.45) is 0 Å². The van der Waals surface area contributed by atoms with Gasteiger partial charge in [-0.15, -0.1) is 0 Å². The summed E-state index contributed by atoms with van der Waals surface area (Å²) < 4.78 is 32.8. The molecule has 2 heterocycles. The molecule has 2 amide bonds. The molecule has 0 bridgehead atoms. The fraction of sp³-hybridized carbons (Fsp3) is 0.375. The van der Waals surface area contributed by atoms with E-state index in [4.69, 9.17) is 4.74 Å². The van der Waals surface area contributed by atoms with Crippen LogP contribution in [0.5, 0.6) is 5.75 Å². The number of benzene rings is 2. The molecule has 0 aliphatic carbocycles. The summed E-state index contributed by atoms with van der Waals surface area (Å²) in [5, 5.41) is 0. The van der Waals surface area contributed by atoms with Crippen LogP contribution in [0.25, 0.3) is 0 Å². The number of carbonyl (C=O) groups excluding carboxylic acids is 3. The van der Waals surface area contributed by atoms with Gasteiger partial charge in [0.05, 0.1) is 29.7 Å². The van der Waals surface area contributed by atoms with Crippen LogP contribution in [0.15, 0.2) is 53.4 Å². The monoisotopic (exact) mass is 485 g/mol. The van der Waals surface area contributed by atoms with Gasteiger partial charge in [-0.3, -0.25) is 19.3 Å². The smallest absolute Gasteiger partial charge is 0.251 e. The third kappa shape index (κ3) is 4.61. The van der Waals surface area contributed by atoms with Crippen molar-refractivity contribution >= 4 is 33.3 Å². The number of sulfonamides is 1. The summed E-state index contributed by atoms with van der Waals surface area (Å²) in [5.74, 6) is -0.231. The lowest BCUT2D eigenvalue weighted by molar-refractivity contribution is -0.123. The quantitative estimate of drug-likeness (QED) is 0.436. The van der Waals surface area contributed by atoms with E-state index in [1.807, 2.05) is 11.8 Å². The summed E-state index contributed by atoms with van der Waals surface area (Å²) in [7, 11) is -3.67. The normalized spacial score (nSPS) is 20.1. The summed E-state index contributed by atoms with van der Waals surface area (Å²) in [5.41, 5.74) is 0.802. The number of carbonyl (C=O) groups is 3. The van der Waals surface area contributed by atoms with Crippen LogP contribution in [0.4, 0.5) is 5.69 Å². The van der Waals surface area contributed by atoms with E-state index in [2.05, 4.69) is 0 Å². The SMILES string of the molecule is CCOc1ccc(S(=O)(=O)N2CCN(C3CC(=O)N(c4cccc(C(C)=O)c4)C3=O)CC2)cc1. The van der Waals surface area contributed by atoms with Crippen LogP contribution in [0.1, 0.15) is 30.6 Å². The maximum Gasteiger partial charge on any atom is 0.251 e. The second-order valence-corrected chi connectivity index (χ2v) is 10.2. The molecular formula is C24H27N3O6S. The predicted octanol–water partition coefficient (Wildman–Crippen LogP) is 1.93. The van der Waals surface area contributed by atoms with E-state index in [9.17, 15) is 22.8 Å². The number of nitrogens with zero attached hydrogens (tertiary/aromatic N) is 3. The Bertz CT molecular complexity index is 1200. The van der Waals surface area contributed by atoms with E-state index >= 15 is 0 Å². The van der Waals surface area contributed by atoms with E-state index in [0.717, 1.165) is 4.90 Å². The number of anilines is 1. The molecule has 180 valence electrons. The standard InChI is InChI=1S/C24H27N3O6S/c1-3-33-20-7-9-21(10-8-20)34(31,32)26-13-11-25(12-14-26)22-16-23(29)27(24(22)30)19-6-4-5-18(15-19)17(2)28/h4-10,15,22H,3,11-14,16H2,1-2H3. The first-order valence-electron chi connectivity index (χ1n) is 11.2. The lowest BCUT2D eigenvalue weighted by atomic mass is 10.1. The average molecular weight is 486 g/mol. The summed E-state index contributed by atoms with van der Waals surface area (Å²) in [6, 6.07) is 12.1. The van der Waals surface area contributed by atoms with Gasteiger partial charge in [0.25, 0.3) is 5.91 Å². The molecule has 1 atom stereocenters. The number of imide groups is 1. The van der Waals surface area contributed by atoms with Crippen LogP contribution in [0.2, 0.25) is 0 Å². The Morgan fingerprint density at radius 2 is 1.71 bits per heavy atom. The Hall–Kier alpha value is -3.08. The van der Waals surface area contributed by atoms with Crippen LogP contribution in [-0.2, 0) is 19.6 Å². The number of rotatable bonds is 7. The topological polar surface area (TPSA) is 104 Å². The molecule has 2 fully saturated rings. The first-order chi connectivity index (χ1) is 16.2. The van der Waals surface area contributed by atoms with Gasteiger partial charge in [0.15, 0.2) is 5.78 Å². The van der Waals surface area contributed by atoms with Crippen LogP contribution < -0.4 is 9.64 Å². The molecule has 0 aromatic heterocycles. The highest BCUT2D eigenvalue weighted by Crippen LogP contribution is 2.28. The number of piperazine rings is 1. The Kier molecular flexibility index (Phi) is 6.83. The number of ether oxygens (including phenoxy) is 1. The molecule has 34 heavy (non-hydrogen) atoms. The average Bonchev–Trinajstić information content (AvgIpc) is 3.13. The molecule has 2 aromatic carbocycles. The van der Waals surface area contributed by atoms with Crippen molar-refractivity contribution in [2.45, 2.75) is 31.2 Å². The first kappa shape index (κ1) is 24.1. The molecule has 0 N–H and O–H groups in total. The molecule has 2 aliphatic rings. The van der Waals surface area contributed by atoms with Crippen LogP contribution in [-0.4, -0.2) is 74.0 Å². The maximum absolute atomic E-state index is 13.1. The van der Waals surface area contributed by atoms with Crippen molar-refractivity contribution in [1.82, 2.24) is 9.21 Å². The van der Waals surface area contributed by atoms with Crippen LogP contribution in [0.3, 0.4) is 0 Å². The molecule has 0 saturated carbocycles. The third-order valence-electron chi connectivity index (χ3n) is 6.12. The molecule has 2 aromatic rings. The molecular weight excluding hydrogens is 458 g/mol. The Morgan fingerprint density at radius 3 is 2.32 bits per heavy atom. The Balaban J connectivity index is 1.43. The molecule has 1 unspecified atom stereocenters. The van der Waals surface area contributed by atoms with Gasteiger partial charge in [-0.25, -0.2) is 13.3 Å². The molecule has 4 rings (SSSR count). The Labute approximate surface area is 198 Å². The minimum atomic E-state index is -3.67. The van der Waals surface area contributed by atoms with Crippen LogP contribution in [0, 0.1) is 0 Å². The van der Waals surface area contributed by atoms with E-state index in [-0.39, 0.29) is 42.0 Å². The number of amides is 2. The molecule has 9 nitrogen and oxygen atoms in total. The first-order valence-corrected chi connectivity index (χ1v) is 12.6. The lowest BCUT2D eigenvalue weighted by Crippen LogP contribution is -2.53. The number of hydrogen-bond donors (Lipinski definition) is 0. The predicted molar refractivity (Wildman–Crippen MR) is 125 cm³/mol. The minimum Gasteiger partial charge on any atom is -0.494 e. The van der Waals surface area contributed by atoms with Gasteiger partial charge in [0.1, 0.15) is 5.75 Å². The van der Waals surface area contributed by atoms with Crippen molar-refractivity contribution in [3.63, 3.8) is 0 Å². The summed E-state index contributed by atoms with van der Waals surface area (Å²) >= 11 is 0. The zero-order valence-electron chi connectivity index (χ0n) is 19.1. The zero-order chi connectivity index (χ0) is 24.5. The van der Waals surface area contributed by atoms with Gasteiger partial charge in [-0.2, -0.15) is 4.31 Å². The zero-order valence-corrected chi connectivity index (χ0v) is 20.0. The van der Waals surface area contributed by atoms with E-state index in [0.29, 0.717) is 36.7 Å². The van der Waals surface area contributed by atoms with E-state index in [1.54, 1.807) is 36.4 Å². The molecule has 10 heteroatoms. The fourth-order valence-corrected chi connectivity index (χ4v) is 5.74. The maximum atomic E-state index is 13.1. The highest BCUT2D eigenvalue weighted by Gasteiger charge is 2.44. The number of hydrogen-bond acceptors (Lipinski definition) is 7. The third-order valence-corrected chi connectivity index (χ3v) is 8.03. The van der Waals surface area contributed by atoms with Gasteiger partial charge < -0.3 is 4.74 Å². The largest absolute Gasteiger partial charge is 0.494 e. The second-order valence-electron chi connectivity index (χ2n) is 8.24. The number of Topliss-reactive ketones (excluding diaryl/α,β-unsaturated/α-hetero) is 1. The summed E-state index contributed by atoms with van der Waals surface area (Å²) in [6.07, 6.45) is 0.0226. The second kappa shape index (κ2) is 9.65. The minimum absolute atomic E-state index is 0.0226. The lowest BCUT2D eigenvalue weighted by Gasteiger charge is -2.36. The highest BCUT2D eigenvalue weighted by molar-refractivity contribution is 7.89. The van der Waals surface area contributed by atoms with Crippen molar-refractivity contribution in [3.8, 4) is 5.75 Å². The summed E-state index contributed by atoms with van der Waals surface area (Å²) in [6.45, 7) is 4.88. The van der Waals surface area contributed by atoms with E-state index < -0.39 is 16.1 Å².